The molecule has 0 unspecified atom stereocenters. The van der Waals surface area contributed by atoms with Crippen molar-refractivity contribution in [3.8, 4) is 11.3 Å². The molecular weight excluding hydrogens is 240 g/mol. The van der Waals surface area contributed by atoms with Crippen molar-refractivity contribution < 1.29 is 8.78 Å². The Balaban J connectivity index is 2.10. The summed E-state index contributed by atoms with van der Waals surface area (Å²) in [5.74, 6) is -1.05. The lowest BCUT2D eigenvalue weighted by Gasteiger charge is -2.01. The standard InChI is InChI=1S/C13H11F2NS/c1-7-16-12(13(17-7)8-2-3-8)9-4-5-10(14)11(15)6-9/h4-6,8H,2-3H2,1H3. The van der Waals surface area contributed by atoms with Crippen LogP contribution in [0.5, 0.6) is 0 Å². The smallest absolute Gasteiger partial charge is 0.159 e. The molecule has 1 heterocycles. The molecule has 0 radical (unpaired) electrons. The quantitative estimate of drug-likeness (QED) is 0.776. The molecule has 1 aliphatic carbocycles. The zero-order chi connectivity index (χ0) is 12.0. The Morgan fingerprint density at radius 3 is 2.65 bits per heavy atom. The number of thiazole rings is 1. The molecule has 1 nitrogen and oxygen atoms in total. The molecule has 1 aromatic carbocycles. The Morgan fingerprint density at radius 2 is 2.00 bits per heavy atom. The van der Waals surface area contributed by atoms with E-state index in [-0.39, 0.29) is 0 Å². The molecule has 0 spiro atoms. The third-order valence-corrected chi connectivity index (χ3v) is 4.03. The maximum absolute atomic E-state index is 13.2. The third kappa shape index (κ3) is 1.97. The highest BCUT2D eigenvalue weighted by atomic mass is 32.1. The first-order valence-electron chi connectivity index (χ1n) is 5.58. The van der Waals surface area contributed by atoms with Crippen molar-refractivity contribution in [3.05, 3.63) is 39.7 Å². The predicted octanol–water partition coefficient (Wildman–Crippen LogP) is 4.27. The molecule has 4 heteroatoms. The van der Waals surface area contributed by atoms with Gasteiger partial charge in [-0.1, -0.05) is 0 Å². The van der Waals surface area contributed by atoms with Crippen molar-refractivity contribution in [2.45, 2.75) is 25.7 Å². The molecule has 0 atom stereocenters. The van der Waals surface area contributed by atoms with E-state index in [0.717, 1.165) is 16.8 Å². The van der Waals surface area contributed by atoms with Crippen molar-refractivity contribution in [2.75, 3.05) is 0 Å². The van der Waals surface area contributed by atoms with Crippen LogP contribution in [0.1, 0.15) is 28.6 Å². The fourth-order valence-electron chi connectivity index (χ4n) is 1.92. The fraction of sp³-hybridized carbons (Fsp3) is 0.308. The molecule has 1 fully saturated rings. The van der Waals surface area contributed by atoms with Crippen LogP contribution < -0.4 is 0 Å². The van der Waals surface area contributed by atoms with Gasteiger partial charge in [0.25, 0.3) is 0 Å². The first-order valence-corrected chi connectivity index (χ1v) is 6.39. The van der Waals surface area contributed by atoms with Gasteiger partial charge in [0.05, 0.1) is 10.7 Å². The maximum atomic E-state index is 13.2. The van der Waals surface area contributed by atoms with Gasteiger partial charge in [-0.3, -0.25) is 0 Å². The molecular formula is C13H11F2NS. The van der Waals surface area contributed by atoms with Crippen molar-refractivity contribution in [1.29, 1.82) is 0 Å². The summed E-state index contributed by atoms with van der Waals surface area (Å²) in [6.07, 6.45) is 2.36. The van der Waals surface area contributed by atoms with Crippen molar-refractivity contribution in [3.63, 3.8) is 0 Å². The second-order valence-corrected chi connectivity index (χ2v) is 5.58. The molecule has 0 aliphatic heterocycles. The molecule has 1 aliphatic rings. The van der Waals surface area contributed by atoms with Crippen LogP contribution in [0.25, 0.3) is 11.3 Å². The highest BCUT2D eigenvalue weighted by molar-refractivity contribution is 7.12. The molecule has 1 aromatic heterocycles. The van der Waals surface area contributed by atoms with Gasteiger partial charge in [-0.25, -0.2) is 13.8 Å². The Labute approximate surface area is 102 Å². The Hall–Kier alpha value is -1.29. The van der Waals surface area contributed by atoms with Crippen molar-refractivity contribution >= 4 is 11.3 Å². The lowest BCUT2D eigenvalue weighted by atomic mass is 10.1. The van der Waals surface area contributed by atoms with Gasteiger partial charge in [-0.05, 0) is 43.9 Å². The number of hydrogen-bond acceptors (Lipinski definition) is 2. The molecule has 1 saturated carbocycles. The third-order valence-electron chi connectivity index (χ3n) is 2.90. The number of nitrogens with zero attached hydrogens (tertiary/aromatic N) is 1. The highest BCUT2D eigenvalue weighted by Gasteiger charge is 2.29. The van der Waals surface area contributed by atoms with Crippen LogP contribution in [0.3, 0.4) is 0 Å². The van der Waals surface area contributed by atoms with Crippen LogP contribution in [0.2, 0.25) is 0 Å². The van der Waals surface area contributed by atoms with Gasteiger partial charge >= 0.3 is 0 Å². The largest absolute Gasteiger partial charge is 0.241 e. The van der Waals surface area contributed by atoms with E-state index in [2.05, 4.69) is 4.98 Å². The van der Waals surface area contributed by atoms with Gasteiger partial charge in [0, 0.05) is 10.4 Å². The summed E-state index contributed by atoms with van der Waals surface area (Å²) in [5.41, 5.74) is 1.50. The zero-order valence-corrected chi connectivity index (χ0v) is 10.2. The summed E-state index contributed by atoms with van der Waals surface area (Å²) in [7, 11) is 0. The summed E-state index contributed by atoms with van der Waals surface area (Å²) in [6.45, 7) is 1.94. The van der Waals surface area contributed by atoms with E-state index in [9.17, 15) is 8.78 Å². The van der Waals surface area contributed by atoms with Gasteiger partial charge in [0.1, 0.15) is 0 Å². The number of halogens is 2. The predicted molar refractivity (Wildman–Crippen MR) is 64.2 cm³/mol. The van der Waals surface area contributed by atoms with Crippen LogP contribution in [0, 0.1) is 18.6 Å². The van der Waals surface area contributed by atoms with Crippen LogP contribution in [-0.2, 0) is 0 Å². The molecule has 2 aromatic rings. The molecule has 88 valence electrons. The zero-order valence-electron chi connectivity index (χ0n) is 9.34. The van der Waals surface area contributed by atoms with Crippen molar-refractivity contribution in [2.24, 2.45) is 0 Å². The molecule has 17 heavy (non-hydrogen) atoms. The minimum absolute atomic E-state index is 0.573. The Kier molecular flexibility index (Phi) is 2.47. The summed E-state index contributed by atoms with van der Waals surface area (Å²) in [4.78, 5) is 5.66. The van der Waals surface area contributed by atoms with E-state index in [1.165, 1.54) is 23.8 Å². The van der Waals surface area contributed by atoms with Crippen LogP contribution in [0.15, 0.2) is 18.2 Å². The van der Waals surface area contributed by atoms with Crippen LogP contribution in [0.4, 0.5) is 8.78 Å². The monoisotopic (exact) mass is 251 g/mol. The number of aryl methyl sites for hydroxylation is 1. The fourth-order valence-corrected chi connectivity index (χ4v) is 3.03. The second kappa shape index (κ2) is 3.88. The summed E-state index contributed by atoms with van der Waals surface area (Å²) < 4.78 is 26.1. The summed E-state index contributed by atoms with van der Waals surface area (Å²) in [6, 6.07) is 3.99. The van der Waals surface area contributed by atoms with E-state index < -0.39 is 11.6 Å². The van der Waals surface area contributed by atoms with E-state index in [4.69, 9.17) is 0 Å². The number of rotatable bonds is 2. The van der Waals surface area contributed by atoms with Gasteiger partial charge in [0.2, 0.25) is 0 Å². The summed E-state index contributed by atoms with van der Waals surface area (Å²) >= 11 is 1.66. The number of aromatic nitrogens is 1. The molecule has 0 N–H and O–H groups in total. The van der Waals surface area contributed by atoms with E-state index in [1.807, 2.05) is 6.92 Å². The maximum Gasteiger partial charge on any atom is 0.159 e. The first-order chi connectivity index (χ1) is 8.15. The number of benzene rings is 1. The Bertz CT molecular complexity index is 573. The Morgan fingerprint density at radius 1 is 1.24 bits per heavy atom. The van der Waals surface area contributed by atoms with E-state index in [0.29, 0.717) is 11.5 Å². The average Bonchev–Trinajstić information content (AvgIpc) is 3.06. The normalized spacial score (nSPS) is 15.2. The van der Waals surface area contributed by atoms with Crippen molar-refractivity contribution in [1.82, 2.24) is 4.98 Å². The highest BCUT2D eigenvalue weighted by Crippen LogP contribution is 2.47. The molecule has 3 rings (SSSR count). The molecule has 0 saturated heterocycles. The SMILES string of the molecule is Cc1nc(-c2ccc(F)c(F)c2)c(C2CC2)s1. The lowest BCUT2D eigenvalue weighted by molar-refractivity contribution is 0.509. The summed E-state index contributed by atoms with van der Waals surface area (Å²) in [5, 5.41) is 0.978. The van der Waals surface area contributed by atoms with E-state index >= 15 is 0 Å². The number of hydrogen-bond donors (Lipinski definition) is 0. The minimum Gasteiger partial charge on any atom is -0.241 e. The van der Waals surface area contributed by atoms with E-state index in [1.54, 1.807) is 17.4 Å². The minimum atomic E-state index is -0.811. The topological polar surface area (TPSA) is 12.9 Å². The van der Waals surface area contributed by atoms with Gasteiger partial charge < -0.3 is 0 Å². The van der Waals surface area contributed by atoms with Gasteiger partial charge in [-0.15, -0.1) is 11.3 Å². The van der Waals surface area contributed by atoms with Crippen LogP contribution in [-0.4, -0.2) is 4.98 Å². The van der Waals surface area contributed by atoms with Crippen LogP contribution >= 0.6 is 11.3 Å². The second-order valence-electron chi connectivity index (χ2n) is 4.35. The molecule has 0 bridgehead atoms. The lowest BCUT2D eigenvalue weighted by Crippen LogP contribution is -1.88. The average molecular weight is 251 g/mol. The van der Waals surface area contributed by atoms with Gasteiger partial charge in [0.15, 0.2) is 11.6 Å². The van der Waals surface area contributed by atoms with Gasteiger partial charge in [-0.2, -0.15) is 0 Å². The first kappa shape index (κ1) is 10.8. The molecule has 0 amide bonds.